The molecule has 1 aromatic carbocycles. The molecule has 3 amide bonds. The van der Waals surface area contributed by atoms with Gasteiger partial charge in [-0.3, -0.25) is 14.4 Å². The number of amides is 3. The Morgan fingerprint density at radius 1 is 0.788 bits per heavy atom. The van der Waals surface area contributed by atoms with Gasteiger partial charge in [0.1, 0.15) is 0 Å². The van der Waals surface area contributed by atoms with Crippen LogP contribution in [0.3, 0.4) is 0 Å². The Kier molecular flexibility index (Phi) is 5.53. The second kappa shape index (κ2) is 8.14. The molecule has 0 atom stereocenters. The standard InChI is InChI=1S/C27H37N3O3/c1-26(2,3)28-23(31)21-4-6-22(7-5-21)24(32)29-8-10-30(11-9-29)25(33)27-15-18-12-19(16-27)14-20(13-18)17-27/h4-7,18-20H,8-17H2,1-3H3,(H,28,31). The molecule has 1 saturated heterocycles. The van der Waals surface area contributed by atoms with E-state index in [0.717, 1.165) is 37.0 Å². The summed E-state index contributed by atoms with van der Waals surface area (Å²) in [5.41, 5.74) is 0.721. The predicted octanol–water partition coefficient (Wildman–Crippen LogP) is 3.72. The van der Waals surface area contributed by atoms with E-state index in [0.29, 0.717) is 43.2 Å². The highest BCUT2D eigenvalue weighted by molar-refractivity contribution is 5.98. The summed E-state index contributed by atoms with van der Waals surface area (Å²) in [7, 11) is 0. The fourth-order valence-electron chi connectivity index (χ4n) is 7.18. The Labute approximate surface area is 197 Å². The van der Waals surface area contributed by atoms with Gasteiger partial charge in [0.2, 0.25) is 5.91 Å². The van der Waals surface area contributed by atoms with Crippen molar-refractivity contribution in [2.45, 2.75) is 64.8 Å². The molecular weight excluding hydrogens is 414 g/mol. The highest BCUT2D eigenvalue weighted by Crippen LogP contribution is 2.60. The summed E-state index contributed by atoms with van der Waals surface area (Å²) >= 11 is 0. The molecule has 0 radical (unpaired) electrons. The van der Waals surface area contributed by atoms with E-state index in [2.05, 4.69) is 5.32 Å². The first kappa shape index (κ1) is 22.4. The van der Waals surface area contributed by atoms with E-state index in [1.807, 2.05) is 30.6 Å². The Hall–Kier alpha value is -2.37. The van der Waals surface area contributed by atoms with E-state index in [4.69, 9.17) is 0 Å². The van der Waals surface area contributed by atoms with Gasteiger partial charge >= 0.3 is 0 Å². The van der Waals surface area contributed by atoms with E-state index in [9.17, 15) is 14.4 Å². The van der Waals surface area contributed by atoms with Crippen LogP contribution in [0.2, 0.25) is 0 Å². The summed E-state index contributed by atoms with van der Waals surface area (Å²) in [6, 6.07) is 6.88. The van der Waals surface area contributed by atoms with E-state index in [1.165, 1.54) is 19.3 Å². The quantitative estimate of drug-likeness (QED) is 0.762. The maximum absolute atomic E-state index is 13.6. The van der Waals surface area contributed by atoms with Crippen LogP contribution >= 0.6 is 0 Å². The van der Waals surface area contributed by atoms with Crippen molar-refractivity contribution in [3.63, 3.8) is 0 Å². The van der Waals surface area contributed by atoms with Crippen LogP contribution in [0.25, 0.3) is 0 Å². The minimum atomic E-state index is -0.307. The molecule has 6 heteroatoms. The Balaban J connectivity index is 1.18. The zero-order valence-electron chi connectivity index (χ0n) is 20.2. The Bertz CT molecular complexity index is 903. The lowest BCUT2D eigenvalue weighted by Crippen LogP contribution is -2.58. The number of carbonyl (C=O) groups excluding carboxylic acids is 3. The number of hydrogen-bond acceptors (Lipinski definition) is 3. The van der Waals surface area contributed by atoms with Gasteiger partial charge in [0.25, 0.3) is 11.8 Å². The SMILES string of the molecule is CC(C)(C)NC(=O)c1ccc(C(=O)N2CCN(C(=O)C34CC5CC(CC(C5)C3)C4)CC2)cc1. The molecule has 178 valence electrons. The number of rotatable bonds is 3. The van der Waals surface area contributed by atoms with Gasteiger partial charge in [0, 0.05) is 42.8 Å². The largest absolute Gasteiger partial charge is 0.347 e. The molecule has 4 saturated carbocycles. The lowest BCUT2D eigenvalue weighted by molar-refractivity contribution is -0.159. The minimum absolute atomic E-state index is 0.0281. The highest BCUT2D eigenvalue weighted by atomic mass is 16.2. The molecule has 6 rings (SSSR count). The lowest BCUT2D eigenvalue weighted by atomic mass is 9.49. The second-order valence-electron chi connectivity index (χ2n) is 12.1. The third-order valence-corrected chi connectivity index (χ3v) is 8.23. The van der Waals surface area contributed by atoms with Gasteiger partial charge in [-0.2, -0.15) is 0 Å². The van der Waals surface area contributed by atoms with Crippen molar-refractivity contribution in [3.8, 4) is 0 Å². The Morgan fingerprint density at radius 3 is 1.73 bits per heavy atom. The number of nitrogens with zero attached hydrogens (tertiary/aromatic N) is 2. The summed E-state index contributed by atoms with van der Waals surface area (Å²) in [4.78, 5) is 42.8. The molecule has 33 heavy (non-hydrogen) atoms. The molecule has 1 aliphatic heterocycles. The summed E-state index contributed by atoms with van der Waals surface area (Å²) in [5.74, 6) is 2.48. The van der Waals surface area contributed by atoms with Gasteiger partial charge < -0.3 is 15.1 Å². The maximum atomic E-state index is 13.6. The van der Waals surface area contributed by atoms with Crippen molar-refractivity contribution < 1.29 is 14.4 Å². The zero-order chi connectivity index (χ0) is 23.4. The topological polar surface area (TPSA) is 69.7 Å². The van der Waals surface area contributed by atoms with Crippen LogP contribution in [0.4, 0.5) is 0 Å². The van der Waals surface area contributed by atoms with Crippen molar-refractivity contribution in [1.82, 2.24) is 15.1 Å². The molecule has 0 unspecified atom stereocenters. The van der Waals surface area contributed by atoms with Crippen LogP contribution in [0.5, 0.6) is 0 Å². The van der Waals surface area contributed by atoms with Crippen LogP contribution < -0.4 is 5.32 Å². The number of carbonyl (C=O) groups is 3. The molecular formula is C27H37N3O3. The predicted molar refractivity (Wildman–Crippen MR) is 127 cm³/mol. The molecule has 5 fully saturated rings. The molecule has 6 nitrogen and oxygen atoms in total. The summed E-state index contributed by atoms with van der Waals surface area (Å²) < 4.78 is 0. The smallest absolute Gasteiger partial charge is 0.253 e. The first-order valence-corrected chi connectivity index (χ1v) is 12.6. The molecule has 1 aromatic rings. The van der Waals surface area contributed by atoms with Gasteiger partial charge in [-0.05, 0) is 101 Å². The van der Waals surface area contributed by atoms with Crippen LogP contribution in [0.1, 0.15) is 80.0 Å². The molecule has 4 bridgehead atoms. The van der Waals surface area contributed by atoms with Gasteiger partial charge in [-0.15, -0.1) is 0 Å². The van der Waals surface area contributed by atoms with Crippen molar-refractivity contribution in [1.29, 1.82) is 0 Å². The Morgan fingerprint density at radius 2 is 1.24 bits per heavy atom. The summed E-state index contributed by atoms with van der Waals surface area (Å²) in [6.07, 6.45) is 7.28. The summed E-state index contributed by atoms with van der Waals surface area (Å²) in [6.45, 7) is 8.21. The number of piperazine rings is 1. The van der Waals surface area contributed by atoms with Crippen molar-refractivity contribution in [2.75, 3.05) is 26.2 Å². The van der Waals surface area contributed by atoms with E-state index in [1.54, 1.807) is 24.3 Å². The van der Waals surface area contributed by atoms with Crippen LogP contribution in [0.15, 0.2) is 24.3 Å². The number of benzene rings is 1. The van der Waals surface area contributed by atoms with E-state index in [-0.39, 0.29) is 22.8 Å². The first-order chi connectivity index (χ1) is 15.6. The molecule has 0 spiro atoms. The average molecular weight is 452 g/mol. The van der Waals surface area contributed by atoms with E-state index < -0.39 is 0 Å². The third-order valence-electron chi connectivity index (χ3n) is 8.23. The third kappa shape index (κ3) is 4.41. The highest BCUT2D eigenvalue weighted by Gasteiger charge is 2.55. The minimum Gasteiger partial charge on any atom is -0.347 e. The van der Waals surface area contributed by atoms with Crippen LogP contribution in [-0.2, 0) is 4.79 Å². The molecule has 0 aromatic heterocycles. The van der Waals surface area contributed by atoms with Crippen LogP contribution in [-0.4, -0.2) is 59.2 Å². The van der Waals surface area contributed by atoms with Crippen molar-refractivity contribution in [2.24, 2.45) is 23.2 Å². The number of nitrogens with one attached hydrogen (secondary N) is 1. The fourth-order valence-corrected chi connectivity index (χ4v) is 7.18. The molecule has 5 aliphatic rings. The molecule has 1 N–H and O–H groups in total. The normalized spacial score (nSPS) is 30.9. The monoisotopic (exact) mass is 451 g/mol. The fraction of sp³-hybridized carbons (Fsp3) is 0.667. The van der Waals surface area contributed by atoms with E-state index >= 15 is 0 Å². The maximum Gasteiger partial charge on any atom is 0.253 e. The van der Waals surface area contributed by atoms with Crippen molar-refractivity contribution in [3.05, 3.63) is 35.4 Å². The van der Waals surface area contributed by atoms with Gasteiger partial charge in [-0.25, -0.2) is 0 Å². The van der Waals surface area contributed by atoms with Gasteiger partial charge in [0.15, 0.2) is 0 Å². The average Bonchev–Trinajstić information content (AvgIpc) is 2.76. The lowest BCUT2D eigenvalue weighted by Gasteiger charge is -2.57. The van der Waals surface area contributed by atoms with Gasteiger partial charge in [-0.1, -0.05) is 0 Å². The first-order valence-electron chi connectivity index (χ1n) is 12.6. The molecule has 1 heterocycles. The van der Waals surface area contributed by atoms with Crippen molar-refractivity contribution >= 4 is 17.7 Å². The zero-order valence-corrected chi connectivity index (χ0v) is 20.2. The summed E-state index contributed by atoms with van der Waals surface area (Å²) in [5, 5.41) is 2.94. The van der Waals surface area contributed by atoms with Crippen LogP contribution in [0, 0.1) is 23.2 Å². The van der Waals surface area contributed by atoms with Gasteiger partial charge in [0.05, 0.1) is 5.41 Å². The molecule has 4 aliphatic carbocycles. The number of hydrogen-bond donors (Lipinski definition) is 1. The second-order valence-corrected chi connectivity index (χ2v) is 12.1.